The molecule has 0 N–H and O–H groups in total. The molecule has 0 saturated heterocycles. The van der Waals surface area contributed by atoms with E-state index in [1.165, 1.54) is 11.3 Å². The van der Waals surface area contributed by atoms with E-state index in [2.05, 4.69) is 10.5 Å². The molecule has 0 unspecified atom stereocenters. The lowest BCUT2D eigenvalue weighted by atomic mass is 10.3. The van der Waals surface area contributed by atoms with Gasteiger partial charge in [0.05, 0.1) is 23.8 Å². The highest BCUT2D eigenvalue weighted by atomic mass is 32.2. The van der Waals surface area contributed by atoms with E-state index < -0.39 is 0 Å². The first-order chi connectivity index (χ1) is 13.2. The highest BCUT2D eigenvalue weighted by Crippen LogP contribution is 2.34. The monoisotopic (exact) mass is 410 g/mol. The summed E-state index contributed by atoms with van der Waals surface area (Å²) in [6.07, 6.45) is 2.03. The van der Waals surface area contributed by atoms with Crippen LogP contribution in [0.15, 0.2) is 53.7 Å². The van der Waals surface area contributed by atoms with Gasteiger partial charge in [-0.05, 0) is 42.7 Å². The number of para-hydroxylation sites is 2. The van der Waals surface area contributed by atoms with E-state index in [1.807, 2.05) is 53.3 Å². The molecule has 0 amide bonds. The van der Waals surface area contributed by atoms with Crippen LogP contribution in [0.2, 0.25) is 0 Å². The standard InChI is InChI=1S/C19H14N4OS3/c1-24-12-7-5-6-11(10-12)22-17-15(27-19(22)25)16-20-13-8-3-4-9-14(13)23(16)18(21-17)26-2/h3-10H,1-2H3. The van der Waals surface area contributed by atoms with Crippen LogP contribution in [-0.4, -0.2) is 32.3 Å². The zero-order valence-electron chi connectivity index (χ0n) is 14.5. The first kappa shape index (κ1) is 16.7. The van der Waals surface area contributed by atoms with E-state index in [0.717, 1.165) is 47.6 Å². The second-order valence-electron chi connectivity index (χ2n) is 5.92. The summed E-state index contributed by atoms with van der Waals surface area (Å²) in [5, 5.41) is 0.885. The largest absolute Gasteiger partial charge is 0.497 e. The molecule has 2 aromatic carbocycles. The quantitative estimate of drug-likeness (QED) is 0.228. The molecular formula is C19H14N4OS3. The van der Waals surface area contributed by atoms with Crippen LogP contribution in [0.25, 0.3) is 32.7 Å². The Balaban J connectivity index is 1.93. The van der Waals surface area contributed by atoms with Gasteiger partial charge in [0.1, 0.15) is 10.4 Å². The van der Waals surface area contributed by atoms with Gasteiger partial charge in [-0.1, -0.05) is 41.3 Å². The summed E-state index contributed by atoms with van der Waals surface area (Å²) in [5.74, 6) is 0.784. The molecule has 5 aromatic rings. The molecule has 3 heterocycles. The molecule has 0 saturated carbocycles. The van der Waals surface area contributed by atoms with Crippen molar-refractivity contribution in [3.63, 3.8) is 0 Å². The van der Waals surface area contributed by atoms with Crippen molar-refractivity contribution in [3.8, 4) is 11.4 Å². The number of rotatable bonds is 3. The lowest BCUT2D eigenvalue weighted by Crippen LogP contribution is -2.00. The van der Waals surface area contributed by atoms with Crippen molar-refractivity contribution in [2.24, 2.45) is 0 Å². The number of ether oxygens (including phenoxy) is 1. The average Bonchev–Trinajstić information content (AvgIpc) is 3.24. The number of thiazole rings is 1. The van der Waals surface area contributed by atoms with Crippen LogP contribution in [0.5, 0.6) is 5.75 Å². The Labute approximate surface area is 168 Å². The molecule has 5 nitrogen and oxygen atoms in total. The molecule has 0 atom stereocenters. The molecule has 27 heavy (non-hydrogen) atoms. The van der Waals surface area contributed by atoms with Crippen LogP contribution in [0.4, 0.5) is 0 Å². The number of thioether (sulfide) groups is 1. The normalized spacial score (nSPS) is 11.6. The maximum atomic E-state index is 5.69. The Morgan fingerprint density at radius 1 is 1.07 bits per heavy atom. The molecule has 134 valence electrons. The van der Waals surface area contributed by atoms with E-state index >= 15 is 0 Å². The molecular weight excluding hydrogens is 396 g/mol. The fraction of sp³-hybridized carbons (Fsp3) is 0.105. The zero-order chi connectivity index (χ0) is 18.5. The second kappa shape index (κ2) is 6.33. The fourth-order valence-corrected chi connectivity index (χ4v) is 5.14. The molecule has 0 radical (unpaired) electrons. The van der Waals surface area contributed by atoms with Crippen molar-refractivity contribution in [3.05, 3.63) is 52.5 Å². The third-order valence-corrected chi connectivity index (χ3v) is 6.44. The molecule has 0 aliphatic heterocycles. The Bertz CT molecular complexity index is 1380. The maximum Gasteiger partial charge on any atom is 0.176 e. The molecule has 0 fully saturated rings. The zero-order valence-corrected chi connectivity index (χ0v) is 17.0. The van der Waals surface area contributed by atoms with Crippen LogP contribution < -0.4 is 4.74 Å². The average molecular weight is 411 g/mol. The van der Waals surface area contributed by atoms with Crippen molar-refractivity contribution in [1.82, 2.24) is 18.9 Å². The molecule has 3 aromatic heterocycles. The first-order valence-corrected chi connectivity index (χ1v) is 10.7. The molecule has 0 aliphatic carbocycles. The van der Waals surface area contributed by atoms with Gasteiger partial charge in [-0.3, -0.25) is 8.97 Å². The van der Waals surface area contributed by atoms with Crippen molar-refractivity contribution >= 4 is 62.3 Å². The predicted octanol–water partition coefficient (Wildman–Crippen LogP) is 5.35. The smallest absolute Gasteiger partial charge is 0.176 e. The van der Waals surface area contributed by atoms with Crippen molar-refractivity contribution < 1.29 is 4.74 Å². The lowest BCUT2D eigenvalue weighted by molar-refractivity contribution is 0.414. The minimum Gasteiger partial charge on any atom is -0.497 e. The van der Waals surface area contributed by atoms with Crippen molar-refractivity contribution in [2.45, 2.75) is 5.16 Å². The first-order valence-electron chi connectivity index (χ1n) is 8.22. The lowest BCUT2D eigenvalue weighted by Gasteiger charge is -2.08. The summed E-state index contributed by atoms with van der Waals surface area (Å²) in [7, 11) is 1.66. The minimum absolute atomic E-state index is 0.734. The number of benzene rings is 2. The molecule has 8 heteroatoms. The summed E-state index contributed by atoms with van der Waals surface area (Å²) < 4.78 is 11.2. The van der Waals surface area contributed by atoms with Gasteiger partial charge in [0, 0.05) is 6.07 Å². The van der Waals surface area contributed by atoms with Crippen LogP contribution in [0.1, 0.15) is 0 Å². The Morgan fingerprint density at radius 2 is 1.93 bits per heavy atom. The van der Waals surface area contributed by atoms with E-state index in [0.29, 0.717) is 0 Å². The Kier molecular flexibility index (Phi) is 3.92. The topological polar surface area (TPSA) is 44.4 Å². The highest BCUT2D eigenvalue weighted by Gasteiger charge is 2.18. The van der Waals surface area contributed by atoms with E-state index in [4.69, 9.17) is 26.9 Å². The van der Waals surface area contributed by atoms with E-state index in [1.54, 1.807) is 18.9 Å². The number of nitrogens with zero attached hydrogens (tertiary/aromatic N) is 4. The highest BCUT2D eigenvalue weighted by molar-refractivity contribution is 7.98. The van der Waals surface area contributed by atoms with Gasteiger partial charge in [-0.15, -0.1) is 0 Å². The summed E-state index contributed by atoms with van der Waals surface area (Å²) in [6, 6.07) is 16.0. The van der Waals surface area contributed by atoms with Crippen LogP contribution in [-0.2, 0) is 0 Å². The van der Waals surface area contributed by atoms with Gasteiger partial charge in [0.15, 0.2) is 20.4 Å². The molecule has 0 aliphatic rings. The summed E-state index contributed by atoms with van der Waals surface area (Å²) in [4.78, 5) is 9.82. The van der Waals surface area contributed by atoms with Crippen LogP contribution in [0.3, 0.4) is 0 Å². The Hall–Kier alpha value is -2.42. The van der Waals surface area contributed by atoms with Gasteiger partial charge >= 0.3 is 0 Å². The van der Waals surface area contributed by atoms with Gasteiger partial charge in [0.25, 0.3) is 0 Å². The van der Waals surface area contributed by atoms with Gasteiger partial charge in [-0.25, -0.2) is 9.97 Å². The third kappa shape index (κ3) is 2.48. The van der Waals surface area contributed by atoms with Crippen LogP contribution >= 0.6 is 35.3 Å². The molecule has 0 spiro atoms. The summed E-state index contributed by atoms with van der Waals surface area (Å²) >= 11 is 8.83. The van der Waals surface area contributed by atoms with E-state index in [-0.39, 0.29) is 0 Å². The van der Waals surface area contributed by atoms with Gasteiger partial charge in [-0.2, -0.15) is 0 Å². The number of hydrogen-bond acceptors (Lipinski definition) is 6. The van der Waals surface area contributed by atoms with Crippen LogP contribution in [0, 0.1) is 3.95 Å². The van der Waals surface area contributed by atoms with Gasteiger partial charge in [0.2, 0.25) is 0 Å². The molecule has 0 bridgehead atoms. The summed E-state index contributed by atoms with van der Waals surface area (Å²) in [5.41, 5.74) is 4.66. The minimum atomic E-state index is 0.734. The number of imidazole rings is 1. The fourth-order valence-electron chi connectivity index (χ4n) is 3.24. The number of hydrogen-bond donors (Lipinski definition) is 0. The predicted molar refractivity (Wildman–Crippen MR) is 114 cm³/mol. The second-order valence-corrected chi connectivity index (χ2v) is 8.33. The maximum absolute atomic E-state index is 5.69. The summed E-state index contributed by atoms with van der Waals surface area (Å²) in [6.45, 7) is 0. The number of aromatic nitrogens is 4. The van der Waals surface area contributed by atoms with Crippen molar-refractivity contribution in [2.75, 3.05) is 13.4 Å². The third-order valence-electron chi connectivity index (χ3n) is 4.44. The Morgan fingerprint density at radius 3 is 2.74 bits per heavy atom. The number of methoxy groups -OCH3 is 1. The van der Waals surface area contributed by atoms with E-state index in [9.17, 15) is 0 Å². The SMILES string of the molecule is COc1cccc(-n2c(=S)sc3c2nc(SC)n2c4ccccc4nc32)c1. The molecule has 5 rings (SSSR count). The van der Waals surface area contributed by atoms with Gasteiger partial charge < -0.3 is 4.74 Å². The number of fused-ring (bicyclic) bond motifs is 5. The van der Waals surface area contributed by atoms with Crippen molar-refractivity contribution in [1.29, 1.82) is 0 Å².